The lowest BCUT2D eigenvalue weighted by Crippen LogP contribution is -2.22. The lowest BCUT2D eigenvalue weighted by Gasteiger charge is -2.23. The Bertz CT molecular complexity index is 1030. The first-order valence-electron chi connectivity index (χ1n) is 13.2. The standard InChI is InChI=1S/C31H41N3/c1-7-32(8-2)24-15-13-23(14-16-24)31-27-19-17-25(33(9-3)10-4)21-29(27)30-22-26(18-20-28(30)31)34(11-5)12-6/h13-22,31H,7-12H2,1-6H3. The Morgan fingerprint density at radius 1 is 0.471 bits per heavy atom. The highest BCUT2D eigenvalue weighted by Gasteiger charge is 2.31. The molecule has 4 rings (SSSR count). The van der Waals surface area contributed by atoms with Crippen molar-refractivity contribution in [3.63, 3.8) is 0 Å². The Labute approximate surface area is 207 Å². The average Bonchev–Trinajstić information content (AvgIpc) is 3.20. The van der Waals surface area contributed by atoms with Crippen molar-refractivity contribution >= 4 is 17.1 Å². The molecular weight excluding hydrogens is 414 g/mol. The van der Waals surface area contributed by atoms with Gasteiger partial charge in [-0.05, 0) is 106 Å². The molecule has 0 N–H and O–H groups in total. The molecule has 0 atom stereocenters. The molecule has 0 aromatic heterocycles. The van der Waals surface area contributed by atoms with E-state index in [0.717, 1.165) is 39.3 Å². The van der Waals surface area contributed by atoms with Crippen LogP contribution in [0.4, 0.5) is 17.1 Å². The first-order chi connectivity index (χ1) is 16.6. The smallest absolute Gasteiger partial charge is 0.0372 e. The molecular formula is C31H41N3. The molecule has 180 valence electrons. The maximum absolute atomic E-state index is 2.44. The highest BCUT2D eigenvalue weighted by molar-refractivity contribution is 5.85. The van der Waals surface area contributed by atoms with E-state index in [-0.39, 0.29) is 5.92 Å². The fourth-order valence-corrected chi connectivity index (χ4v) is 5.62. The van der Waals surface area contributed by atoms with Crippen LogP contribution < -0.4 is 14.7 Å². The molecule has 0 amide bonds. The van der Waals surface area contributed by atoms with Gasteiger partial charge in [0.15, 0.2) is 0 Å². The molecule has 3 heteroatoms. The van der Waals surface area contributed by atoms with Crippen LogP contribution >= 0.6 is 0 Å². The van der Waals surface area contributed by atoms with Crippen LogP contribution in [0, 0.1) is 0 Å². The van der Waals surface area contributed by atoms with E-state index in [2.05, 4.69) is 117 Å². The fourth-order valence-electron chi connectivity index (χ4n) is 5.62. The highest BCUT2D eigenvalue weighted by Crippen LogP contribution is 2.50. The van der Waals surface area contributed by atoms with Crippen LogP contribution in [-0.2, 0) is 0 Å². The van der Waals surface area contributed by atoms with Crippen molar-refractivity contribution in [3.05, 3.63) is 77.4 Å². The second kappa shape index (κ2) is 10.5. The molecule has 34 heavy (non-hydrogen) atoms. The molecule has 0 aliphatic heterocycles. The molecule has 0 saturated carbocycles. The number of benzene rings is 3. The van der Waals surface area contributed by atoms with Crippen molar-refractivity contribution in [2.75, 3.05) is 54.0 Å². The number of fused-ring (bicyclic) bond motifs is 3. The second-order valence-electron chi connectivity index (χ2n) is 9.08. The van der Waals surface area contributed by atoms with E-state index < -0.39 is 0 Å². The molecule has 0 fully saturated rings. The third kappa shape index (κ3) is 4.29. The second-order valence-corrected chi connectivity index (χ2v) is 9.08. The normalized spacial score (nSPS) is 12.4. The minimum absolute atomic E-state index is 0.284. The molecule has 0 spiro atoms. The Hall–Kier alpha value is -2.94. The lowest BCUT2D eigenvalue weighted by molar-refractivity contribution is 0.864. The molecule has 3 aromatic rings. The van der Waals surface area contributed by atoms with Gasteiger partial charge in [-0.25, -0.2) is 0 Å². The summed E-state index contributed by atoms with van der Waals surface area (Å²) in [5.74, 6) is 0.284. The number of hydrogen-bond donors (Lipinski definition) is 0. The molecule has 3 aromatic carbocycles. The Morgan fingerprint density at radius 2 is 0.824 bits per heavy atom. The van der Waals surface area contributed by atoms with Crippen LogP contribution in [-0.4, -0.2) is 39.3 Å². The summed E-state index contributed by atoms with van der Waals surface area (Å²) in [7, 11) is 0. The summed E-state index contributed by atoms with van der Waals surface area (Å²) in [6.45, 7) is 19.6. The minimum atomic E-state index is 0.284. The summed E-state index contributed by atoms with van der Waals surface area (Å²) in [6.07, 6.45) is 0. The van der Waals surface area contributed by atoms with E-state index >= 15 is 0 Å². The van der Waals surface area contributed by atoms with E-state index in [1.165, 1.54) is 44.9 Å². The van der Waals surface area contributed by atoms with Crippen LogP contribution in [0.2, 0.25) is 0 Å². The van der Waals surface area contributed by atoms with E-state index in [1.54, 1.807) is 0 Å². The van der Waals surface area contributed by atoms with E-state index in [1.807, 2.05) is 0 Å². The zero-order valence-electron chi connectivity index (χ0n) is 21.9. The maximum Gasteiger partial charge on any atom is 0.0372 e. The first kappa shape index (κ1) is 24.2. The van der Waals surface area contributed by atoms with Crippen molar-refractivity contribution in [2.24, 2.45) is 0 Å². The third-order valence-corrected chi connectivity index (χ3v) is 7.60. The van der Waals surface area contributed by atoms with Gasteiger partial charge >= 0.3 is 0 Å². The minimum Gasteiger partial charge on any atom is -0.372 e. The van der Waals surface area contributed by atoms with Crippen molar-refractivity contribution in [1.29, 1.82) is 0 Å². The van der Waals surface area contributed by atoms with Gasteiger partial charge in [-0.3, -0.25) is 0 Å². The summed E-state index contributed by atoms with van der Waals surface area (Å²) < 4.78 is 0. The number of anilines is 3. The zero-order chi connectivity index (χ0) is 24.2. The van der Waals surface area contributed by atoms with Gasteiger partial charge in [0.25, 0.3) is 0 Å². The van der Waals surface area contributed by atoms with Crippen molar-refractivity contribution in [1.82, 2.24) is 0 Å². The number of hydrogen-bond acceptors (Lipinski definition) is 3. The van der Waals surface area contributed by atoms with Crippen molar-refractivity contribution < 1.29 is 0 Å². The molecule has 0 heterocycles. The van der Waals surface area contributed by atoms with E-state index in [0.29, 0.717) is 0 Å². The first-order valence-corrected chi connectivity index (χ1v) is 13.2. The highest BCUT2D eigenvalue weighted by atomic mass is 15.1. The fraction of sp³-hybridized carbons (Fsp3) is 0.419. The summed E-state index contributed by atoms with van der Waals surface area (Å²) in [5, 5.41) is 0. The SMILES string of the molecule is CCN(CC)c1ccc(C2c3ccc(N(CC)CC)cc3-c3cc(N(CC)CC)ccc32)cc1. The van der Waals surface area contributed by atoms with Crippen molar-refractivity contribution in [3.8, 4) is 11.1 Å². The molecule has 0 saturated heterocycles. The summed E-state index contributed by atoms with van der Waals surface area (Å²) in [4.78, 5) is 7.30. The molecule has 3 nitrogen and oxygen atoms in total. The summed E-state index contributed by atoms with van der Waals surface area (Å²) in [6, 6.07) is 23.5. The van der Waals surface area contributed by atoms with Crippen molar-refractivity contribution in [2.45, 2.75) is 47.5 Å². The third-order valence-electron chi connectivity index (χ3n) is 7.60. The van der Waals surface area contributed by atoms with Crippen LogP contribution in [0.15, 0.2) is 60.7 Å². The number of nitrogens with zero attached hydrogens (tertiary/aromatic N) is 3. The summed E-state index contributed by atoms with van der Waals surface area (Å²) in [5.41, 5.74) is 11.0. The van der Waals surface area contributed by atoms with Gasteiger partial charge < -0.3 is 14.7 Å². The van der Waals surface area contributed by atoms with E-state index in [4.69, 9.17) is 0 Å². The predicted molar refractivity (Wildman–Crippen MR) is 150 cm³/mol. The quantitative estimate of drug-likeness (QED) is 0.247. The van der Waals surface area contributed by atoms with Crippen LogP contribution in [0.5, 0.6) is 0 Å². The largest absolute Gasteiger partial charge is 0.372 e. The Kier molecular flexibility index (Phi) is 7.50. The Morgan fingerprint density at radius 3 is 1.21 bits per heavy atom. The molecule has 1 aliphatic rings. The molecule has 0 unspecified atom stereocenters. The Balaban J connectivity index is 1.84. The molecule has 1 aliphatic carbocycles. The van der Waals surface area contributed by atoms with Gasteiger partial charge in [0.2, 0.25) is 0 Å². The van der Waals surface area contributed by atoms with Gasteiger partial charge in [0.1, 0.15) is 0 Å². The maximum atomic E-state index is 2.44. The van der Waals surface area contributed by atoms with Gasteiger partial charge in [-0.15, -0.1) is 0 Å². The van der Waals surface area contributed by atoms with Crippen LogP contribution in [0.1, 0.15) is 64.2 Å². The molecule has 0 radical (unpaired) electrons. The van der Waals surface area contributed by atoms with Gasteiger partial charge in [-0.1, -0.05) is 24.3 Å². The summed E-state index contributed by atoms with van der Waals surface area (Å²) >= 11 is 0. The van der Waals surface area contributed by atoms with E-state index in [9.17, 15) is 0 Å². The van der Waals surface area contributed by atoms with Gasteiger partial charge in [0, 0.05) is 62.2 Å². The number of rotatable bonds is 10. The topological polar surface area (TPSA) is 9.72 Å². The van der Waals surface area contributed by atoms with Crippen LogP contribution in [0.3, 0.4) is 0 Å². The monoisotopic (exact) mass is 455 g/mol. The molecule has 0 bridgehead atoms. The lowest BCUT2D eigenvalue weighted by atomic mass is 9.89. The average molecular weight is 456 g/mol. The van der Waals surface area contributed by atoms with Gasteiger partial charge in [-0.2, -0.15) is 0 Å². The predicted octanol–water partition coefficient (Wildman–Crippen LogP) is 7.39. The van der Waals surface area contributed by atoms with Crippen LogP contribution in [0.25, 0.3) is 11.1 Å². The van der Waals surface area contributed by atoms with Gasteiger partial charge in [0.05, 0.1) is 0 Å². The zero-order valence-corrected chi connectivity index (χ0v) is 21.9.